The topological polar surface area (TPSA) is 88.8 Å². The zero-order valence-corrected chi connectivity index (χ0v) is 10.3. The highest BCUT2D eigenvalue weighted by Crippen LogP contribution is 2.34. The summed E-state index contributed by atoms with van der Waals surface area (Å²) in [6.45, 7) is 1.75. The monoisotopic (exact) mass is 263 g/mol. The van der Waals surface area contributed by atoms with Gasteiger partial charge >= 0.3 is 5.97 Å². The van der Waals surface area contributed by atoms with Crippen molar-refractivity contribution in [1.29, 1.82) is 0 Å². The fraction of sp³-hybridized carbons (Fsp3) is 0.231. The summed E-state index contributed by atoms with van der Waals surface area (Å²) in [5, 5.41) is 20.3. The first-order valence-electron chi connectivity index (χ1n) is 5.83. The Balaban J connectivity index is 2.36. The fourth-order valence-corrected chi connectivity index (χ4v) is 1.74. The van der Waals surface area contributed by atoms with Gasteiger partial charge in [0.1, 0.15) is 0 Å². The van der Waals surface area contributed by atoms with Crippen molar-refractivity contribution in [3.8, 4) is 11.8 Å². The SMILES string of the molecule is CCCC(=O)C(=O)On1c(O)c2ccccc2c1O. The zero-order valence-electron chi connectivity index (χ0n) is 10.3. The number of rotatable bonds is 4. The summed E-state index contributed by atoms with van der Waals surface area (Å²) < 4.78 is 0.556. The highest BCUT2D eigenvalue weighted by atomic mass is 16.7. The number of carbonyl (C=O) groups excluding carboxylic acids is 2. The van der Waals surface area contributed by atoms with Gasteiger partial charge in [0, 0.05) is 6.42 Å². The van der Waals surface area contributed by atoms with Crippen LogP contribution in [0.25, 0.3) is 10.8 Å². The Labute approximate surface area is 108 Å². The predicted molar refractivity (Wildman–Crippen MR) is 66.8 cm³/mol. The van der Waals surface area contributed by atoms with E-state index in [4.69, 9.17) is 4.84 Å². The van der Waals surface area contributed by atoms with Gasteiger partial charge in [-0.15, -0.1) is 4.73 Å². The first kappa shape index (κ1) is 12.9. The third kappa shape index (κ3) is 2.24. The summed E-state index contributed by atoms with van der Waals surface area (Å²) in [6.07, 6.45) is 0.570. The molecule has 0 unspecified atom stereocenters. The minimum atomic E-state index is -1.12. The largest absolute Gasteiger partial charge is 0.492 e. The van der Waals surface area contributed by atoms with Crippen LogP contribution in [0.15, 0.2) is 24.3 Å². The number of aromatic hydroxyl groups is 2. The number of aromatic nitrogens is 1. The third-order valence-corrected chi connectivity index (χ3v) is 2.67. The maximum Gasteiger partial charge on any atom is 0.399 e. The number of benzene rings is 1. The molecule has 6 heteroatoms. The van der Waals surface area contributed by atoms with Crippen molar-refractivity contribution in [2.24, 2.45) is 0 Å². The van der Waals surface area contributed by atoms with Crippen molar-refractivity contribution in [3.63, 3.8) is 0 Å². The first-order valence-corrected chi connectivity index (χ1v) is 5.83. The minimum Gasteiger partial charge on any atom is -0.492 e. The van der Waals surface area contributed by atoms with Gasteiger partial charge in [-0.1, -0.05) is 19.1 Å². The summed E-state index contributed by atoms with van der Waals surface area (Å²) in [5.41, 5.74) is 0. The summed E-state index contributed by atoms with van der Waals surface area (Å²) in [4.78, 5) is 27.5. The molecular formula is C13H13NO5. The van der Waals surface area contributed by atoms with Crippen molar-refractivity contribution in [1.82, 2.24) is 4.73 Å². The van der Waals surface area contributed by atoms with E-state index >= 15 is 0 Å². The molecule has 2 N–H and O–H groups in total. The second kappa shape index (κ2) is 5.01. The van der Waals surface area contributed by atoms with Crippen LogP contribution in [0, 0.1) is 0 Å². The van der Waals surface area contributed by atoms with Crippen LogP contribution in [-0.2, 0) is 9.59 Å². The summed E-state index contributed by atoms with van der Waals surface area (Å²) in [6, 6.07) is 6.44. The molecule has 0 saturated heterocycles. The Morgan fingerprint density at radius 1 is 1.16 bits per heavy atom. The number of carbonyl (C=O) groups is 2. The van der Waals surface area contributed by atoms with Gasteiger partial charge in [-0.2, -0.15) is 0 Å². The van der Waals surface area contributed by atoms with Crippen LogP contribution in [-0.4, -0.2) is 26.7 Å². The first-order chi connectivity index (χ1) is 9.06. The van der Waals surface area contributed by atoms with Crippen molar-refractivity contribution in [3.05, 3.63) is 24.3 Å². The van der Waals surface area contributed by atoms with E-state index in [9.17, 15) is 19.8 Å². The molecule has 100 valence electrons. The average Bonchev–Trinajstić information content (AvgIpc) is 2.65. The van der Waals surface area contributed by atoms with Gasteiger partial charge in [0.2, 0.25) is 17.5 Å². The Morgan fingerprint density at radius 2 is 1.68 bits per heavy atom. The second-order valence-corrected chi connectivity index (χ2v) is 4.04. The third-order valence-electron chi connectivity index (χ3n) is 2.67. The van der Waals surface area contributed by atoms with Crippen LogP contribution in [0.3, 0.4) is 0 Å². The molecule has 0 aliphatic rings. The molecule has 0 aliphatic carbocycles. The average molecular weight is 263 g/mol. The molecule has 0 saturated carbocycles. The highest BCUT2D eigenvalue weighted by Gasteiger charge is 2.22. The zero-order chi connectivity index (χ0) is 14.0. The molecule has 0 spiro atoms. The molecule has 1 heterocycles. The normalized spacial score (nSPS) is 10.6. The van der Waals surface area contributed by atoms with Crippen molar-refractivity contribution in [2.75, 3.05) is 0 Å². The van der Waals surface area contributed by atoms with Gasteiger partial charge in [-0.25, -0.2) is 4.79 Å². The van der Waals surface area contributed by atoms with Crippen LogP contribution < -0.4 is 4.84 Å². The van der Waals surface area contributed by atoms with Gasteiger partial charge < -0.3 is 15.1 Å². The Kier molecular flexibility index (Phi) is 3.41. The minimum absolute atomic E-state index is 0.0567. The number of fused-ring (bicyclic) bond motifs is 1. The smallest absolute Gasteiger partial charge is 0.399 e. The van der Waals surface area contributed by atoms with E-state index in [0.29, 0.717) is 21.9 Å². The van der Waals surface area contributed by atoms with Crippen LogP contribution in [0.5, 0.6) is 11.8 Å². The van der Waals surface area contributed by atoms with E-state index in [1.54, 1.807) is 31.2 Å². The Bertz CT molecular complexity index is 605. The molecule has 0 amide bonds. The maximum atomic E-state index is 11.5. The van der Waals surface area contributed by atoms with Gasteiger partial charge in [0.05, 0.1) is 10.8 Å². The van der Waals surface area contributed by atoms with E-state index in [2.05, 4.69) is 0 Å². The molecule has 2 rings (SSSR count). The molecule has 0 bridgehead atoms. The van der Waals surface area contributed by atoms with Crippen molar-refractivity contribution >= 4 is 22.5 Å². The lowest BCUT2D eigenvalue weighted by Crippen LogP contribution is -2.26. The number of hydrogen-bond donors (Lipinski definition) is 2. The summed E-state index contributed by atoms with van der Waals surface area (Å²) in [7, 11) is 0. The molecule has 0 fully saturated rings. The van der Waals surface area contributed by atoms with Crippen LogP contribution in [0.4, 0.5) is 0 Å². The number of nitrogens with zero attached hydrogens (tertiary/aromatic N) is 1. The predicted octanol–water partition coefficient (Wildman–Crippen LogP) is 1.38. The second-order valence-electron chi connectivity index (χ2n) is 4.04. The lowest BCUT2D eigenvalue weighted by atomic mass is 10.2. The van der Waals surface area contributed by atoms with E-state index in [1.807, 2.05) is 0 Å². The van der Waals surface area contributed by atoms with E-state index in [0.717, 1.165) is 0 Å². The molecule has 19 heavy (non-hydrogen) atoms. The van der Waals surface area contributed by atoms with Crippen LogP contribution in [0.1, 0.15) is 19.8 Å². The van der Waals surface area contributed by atoms with E-state index in [-0.39, 0.29) is 6.42 Å². The molecule has 0 atom stereocenters. The number of hydrogen-bond acceptors (Lipinski definition) is 5. The van der Waals surface area contributed by atoms with E-state index < -0.39 is 23.5 Å². The highest BCUT2D eigenvalue weighted by molar-refractivity contribution is 6.33. The summed E-state index contributed by atoms with van der Waals surface area (Å²) in [5.74, 6) is -2.68. The summed E-state index contributed by atoms with van der Waals surface area (Å²) >= 11 is 0. The van der Waals surface area contributed by atoms with Crippen LogP contribution >= 0.6 is 0 Å². The fourth-order valence-electron chi connectivity index (χ4n) is 1.74. The molecule has 0 aliphatic heterocycles. The van der Waals surface area contributed by atoms with Gasteiger partial charge in [-0.05, 0) is 18.6 Å². The Hall–Kier alpha value is -2.50. The molecule has 6 nitrogen and oxygen atoms in total. The lowest BCUT2D eigenvalue weighted by Gasteiger charge is -2.05. The van der Waals surface area contributed by atoms with Gasteiger partial charge in [0.25, 0.3) is 0 Å². The maximum absolute atomic E-state index is 11.5. The molecular weight excluding hydrogens is 250 g/mol. The van der Waals surface area contributed by atoms with Crippen molar-refractivity contribution in [2.45, 2.75) is 19.8 Å². The lowest BCUT2D eigenvalue weighted by molar-refractivity contribution is -0.155. The standard InChI is InChI=1S/C13H13NO5/c1-2-5-10(15)13(18)19-14-11(16)8-6-3-4-7-9(8)12(14)17/h3-4,6-7,16-17H,2,5H2,1H3. The molecule has 0 radical (unpaired) electrons. The number of Topliss-reactive ketones (excluding diaryl/α,β-unsaturated/α-hetero) is 1. The quantitative estimate of drug-likeness (QED) is 0.813. The van der Waals surface area contributed by atoms with Crippen molar-refractivity contribution < 1.29 is 24.6 Å². The number of ketones is 1. The Morgan fingerprint density at radius 3 is 2.16 bits per heavy atom. The van der Waals surface area contributed by atoms with Crippen LogP contribution in [0.2, 0.25) is 0 Å². The van der Waals surface area contributed by atoms with Gasteiger partial charge in [0.15, 0.2) is 0 Å². The van der Waals surface area contributed by atoms with E-state index in [1.165, 1.54) is 0 Å². The molecule has 1 aromatic heterocycles. The molecule has 1 aromatic carbocycles. The van der Waals surface area contributed by atoms with Gasteiger partial charge in [-0.3, -0.25) is 4.79 Å². The molecule has 2 aromatic rings.